The highest BCUT2D eigenvalue weighted by atomic mass is 16.5. The van der Waals surface area contributed by atoms with E-state index in [2.05, 4.69) is 35.4 Å². The predicted octanol–water partition coefficient (Wildman–Crippen LogP) is 3.37. The van der Waals surface area contributed by atoms with Gasteiger partial charge in [0.1, 0.15) is 5.75 Å². The lowest BCUT2D eigenvalue weighted by Gasteiger charge is -2.20. The number of ether oxygens (including phenoxy) is 1. The van der Waals surface area contributed by atoms with Crippen molar-refractivity contribution in [2.24, 2.45) is 0 Å². The Morgan fingerprint density at radius 3 is 2.75 bits per heavy atom. The number of benzene rings is 1. The summed E-state index contributed by atoms with van der Waals surface area (Å²) in [6, 6.07) is 12.6. The molecule has 0 amide bonds. The highest BCUT2D eigenvalue weighted by Gasteiger charge is 2.12. The van der Waals surface area contributed by atoms with Crippen molar-refractivity contribution in [3.8, 4) is 5.75 Å². The van der Waals surface area contributed by atoms with E-state index in [4.69, 9.17) is 4.74 Å². The van der Waals surface area contributed by atoms with E-state index < -0.39 is 0 Å². The summed E-state index contributed by atoms with van der Waals surface area (Å²) in [5.74, 6) is 0.952. The van der Waals surface area contributed by atoms with Gasteiger partial charge in [-0.25, -0.2) is 0 Å². The number of pyridine rings is 1. The van der Waals surface area contributed by atoms with Crippen molar-refractivity contribution in [2.45, 2.75) is 25.8 Å². The van der Waals surface area contributed by atoms with Crippen LogP contribution in [-0.2, 0) is 6.42 Å². The van der Waals surface area contributed by atoms with Crippen LogP contribution in [-0.4, -0.2) is 18.6 Å². The van der Waals surface area contributed by atoms with Gasteiger partial charge < -0.3 is 10.1 Å². The first-order valence-corrected chi connectivity index (χ1v) is 7.10. The number of aromatic nitrogens is 1. The van der Waals surface area contributed by atoms with Gasteiger partial charge in [0.2, 0.25) is 0 Å². The monoisotopic (exact) mass is 270 g/mol. The number of para-hydroxylation sites is 1. The quantitative estimate of drug-likeness (QED) is 0.837. The van der Waals surface area contributed by atoms with Crippen LogP contribution >= 0.6 is 0 Å². The van der Waals surface area contributed by atoms with Gasteiger partial charge in [-0.1, -0.05) is 31.2 Å². The minimum atomic E-state index is 0.322. The summed E-state index contributed by atoms with van der Waals surface area (Å²) >= 11 is 0. The fourth-order valence-electron chi connectivity index (χ4n) is 2.37. The van der Waals surface area contributed by atoms with E-state index in [-0.39, 0.29) is 0 Å². The zero-order valence-electron chi connectivity index (χ0n) is 12.2. The number of methoxy groups -OCH3 is 1. The summed E-state index contributed by atoms with van der Waals surface area (Å²) in [5, 5.41) is 3.60. The standard InChI is InChI=1S/C17H22N2O/c1-3-16(15-8-4-5-9-17(15)20-2)19-12-10-14-7-6-11-18-13-14/h4-9,11,13,16,19H,3,10,12H2,1-2H3. The zero-order valence-corrected chi connectivity index (χ0v) is 12.2. The summed E-state index contributed by atoms with van der Waals surface area (Å²) in [7, 11) is 1.72. The number of hydrogen-bond acceptors (Lipinski definition) is 3. The van der Waals surface area contributed by atoms with Crippen LogP contribution in [0.1, 0.15) is 30.5 Å². The van der Waals surface area contributed by atoms with E-state index in [1.165, 1.54) is 11.1 Å². The first-order valence-electron chi connectivity index (χ1n) is 7.10. The molecule has 0 aliphatic rings. The molecule has 0 aliphatic heterocycles. The van der Waals surface area contributed by atoms with Gasteiger partial charge in [0.05, 0.1) is 7.11 Å². The summed E-state index contributed by atoms with van der Waals surface area (Å²) < 4.78 is 5.44. The van der Waals surface area contributed by atoms with E-state index in [1.54, 1.807) is 13.3 Å². The van der Waals surface area contributed by atoms with Crippen LogP contribution in [0.4, 0.5) is 0 Å². The van der Waals surface area contributed by atoms with Gasteiger partial charge >= 0.3 is 0 Å². The summed E-state index contributed by atoms with van der Waals surface area (Å²) in [5.41, 5.74) is 2.48. The maximum absolute atomic E-state index is 5.44. The smallest absolute Gasteiger partial charge is 0.123 e. The van der Waals surface area contributed by atoms with Gasteiger partial charge in [-0.2, -0.15) is 0 Å². The number of rotatable bonds is 7. The van der Waals surface area contributed by atoms with Gasteiger partial charge in [0.15, 0.2) is 0 Å². The molecule has 2 rings (SSSR count). The van der Waals surface area contributed by atoms with E-state index in [0.29, 0.717) is 6.04 Å². The largest absolute Gasteiger partial charge is 0.496 e. The fraction of sp³-hybridized carbons (Fsp3) is 0.353. The van der Waals surface area contributed by atoms with Gasteiger partial charge in [-0.15, -0.1) is 0 Å². The highest BCUT2D eigenvalue weighted by molar-refractivity contribution is 5.35. The first kappa shape index (κ1) is 14.5. The van der Waals surface area contributed by atoms with Crippen molar-refractivity contribution in [1.82, 2.24) is 10.3 Å². The van der Waals surface area contributed by atoms with E-state index in [9.17, 15) is 0 Å². The van der Waals surface area contributed by atoms with Crippen molar-refractivity contribution in [3.63, 3.8) is 0 Å². The van der Waals surface area contributed by atoms with E-state index in [1.807, 2.05) is 24.4 Å². The van der Waals surface area contributed by atoms with Gasteiger partial charge in [0, 0.05) is 24.0 Å². The molecule has 0 radical (unpaired) electrons. The number of nitrogens with one attached hydrogen (secondary N) is 1. The lowest BCUT2D eigenvalue weighted by molar-refractivity contribution is 0.397. The first-order chi connectivity index (χ1) is 9.85. The lowest BCUT2D eigenvalue weighted by Crippen LogP contribution is -2.23. The second kappa shape index (κ2) is 7.65. The molecular weight excluding hydrogens is 248 g/mol. The second-order valence-corrected chi connectivity index (χ2v) is 4.77. The Bertz CT molecular complexity index is 513. The molecule has 3 nitrogen and oxygen atoms in total. The van der Waals surface area contributed by atoms with Crippen molar-refractivity contribution in [1.29, 1.82) is 0 Å². The van der Waals surface area contributed by atoms with E-state index >= 15 is 0 Å². The fourth-order valence-corrected chi connectivity index (χ4v) is 2.37. The molecule has 1 atom stereocenters. The number of hydrogen-bond donors (Lipinski definition) is 1. The Labute approximate surface area is 121 Å². The molecule has 3 heteroatoms. The zero-order chi connectivity index (χ0) is 14.2. The molecule has 0 bridgehead atoms. The Hall–Kier alpha value is -1.87. The summed E-state index contributed by atoms with van der Waals surface area (Å²) in [6.07, 6.45) is 5.75. The molecule has 0 spiro atoms. The molecule has 20 heavy (non-hydrogen) atoms. The lowest BCUT2D eigenvalue weighted by atomic mass is 10.0. The average Bonchev–Trinajstić information content (AvgIpc) is 2.53. The Balaban J connectivity index is 1.95. The Morgan fingerprint density at radius 1 is 1.20 bits per heavy atom. The van der Waals surface area contributed by atoms with Crippen LogP contribution in [0.3, 0.4) is 0 Å². The molecule has 2 aromatic rings. The maximum atomic E-state index is 5.44. The van der Waals surface area contributed by atoms with Crippen molar-refractivity contribution in [3.05, 3.63) is 59.9 Å². The maximum Gasteiger partial charge on any atom is 0.123 e. The SMILES string of the molecule is CCC(NCCc1cccnc1)c1ccccc1OC. The summed E-state index contributed by atoms with van der Waals surface area (Å²) in [6.45, 7) is 3.12. The third-order valence-electron chi connectivity index (χ3n) is 3.45. The third-order valence-corrected chi connectivity index (χ3v) is 3.45. The molecular formula is C17H22N2O. The van der Waals surface area contributed by atoms with Crippen LogP contribution in [0.15, 0.2) is 48.8 Å². The second-order valence-electron chi connectivity index (χ2n) is 4.77. The predicted molar refractivity (Wildman–Crippen MR) is 82.0 cm³/mol. The molecule has 1 aromatic heterocycles. The van der Waals surface area contributed by atoms with Crippen molar-refractivity contribution >= 4 is 0 Å². The Morgan fingerprint density at radius 2 is 2.05 bits per heavy atom. The molecule has 1 heterocycles. The van der Waals surface area contributed by atoms with Crippen LogP contribution in [0.5, 0.6) is 5.75 Å². The van der Waals surface area contributed by atoms with Gasteiger partial charge in [0.25, 0.3) is 0 Å². The number of nitrogens with zero attached hydrogens (tertiary/aromatic N) is 1. The molecule has 1 N–H and O–H groups in total. The minimum Gasteiger partial charge on any atom is -0.496 e. The Kier molecular flexibility index (Phi) is 5.56. The van der Waals surface area contributed by atoms with Crippen molar-refractivity contribution < 1.29 is 4.74 Å². The van der Waals surface area contributed by atoms with Crippen LogP contribution in [0, 0.1) is 0 Å². The molecule has 0 fully saturated rings. The van der Waals surface area contributed by atoms with Crippen LogP contribution in [0.2, 0.25) is 0 Å². The van der Waals surface area contributed by atoms with E-state index in [0.717, 1.165) is 25.1 Å². The van der Waals surface area contributed by atoms with Crippen LogP contribution < -0.4 is 10.1 Å². The highest BCUT2D eigenvalue weighted by Crippen LogP contribution is 2.26. The third kappa shape index (κ3) is 3.81. The normalized spacial score (nSPS) is 12.1. The topological polar surface area (TPSA) is 34.2 Å². The minimum absolute atomic E-state index is 0.322. The van der Waals surface area contributed by atoms with Gasteiger partial charge in [-0.3, -0.25) is 4.98 Å². The molecule has 1 unspecified atom stereocenters. The molecule has 0 aliphatic carbocycles. The van der Waals surface area contributed by atoms with Gasteiger partial charge in [-0.05, 0) is 37.1 Å². The molecule has 0 saturated heterocycles. The molecule has 1 aromatic carbocycles. The molecule has 106 valence electrons. The average molecular weight is 270 g/mol. The molecule has 0 saturated carbocycles. The summed E-state index contributed by atoms with van der Waals surface area (Å²) in [4.78, 5) is 4.14. The van der Waals surface area contributed by atoms with Crippen molar-refractivity contribution in [2.75, 3.05) is 13.7 Å². The van der Waals surface area contributed by atoms with Crippen LogP contribution in [0.25, 0.3) is 0 Å².